The zero-order valence-electron chi connectivity index (χ0n) is 12.6. The van der Waals surface area contributed by atoms with E-state index >= 15 is 0 Å². The molecule has 0 bridgehead atoms. The van der Waals surface area contributed by atoms with E-state index in [4.69, 9.17) is 5.11 Å². The first-order valence-corrected chi connectivity index (χ1v) is 8.20. The number of sulfonamides is 1. The van der Waals surface area contributed by atoms with Crippen molar-refractivity contribution in [3.63, 3.8) is 0 Å². The van der Waals surface area contributed by atoms with Crippen LogP contribution in [0.1, 0.15) is 18.9 Å². The molecule has 0 amide bonds. The molecule has 1 aromatic carbocycles. The van der Waals surface area contributed by atoms with E-state index in [1.54, 1.807) is 12.1 Å². The largest absolute Gasteiger partial charge is 0.384 e. The Morgan fingerprint density at radius 2 is 1.90 bits per heavy atom. The van der Waals surface area contributed by atoms with Gasteiger partial charge in [-0.1, -0.05) is 11.8 Å². The quantitative estimate of drug-likeness (QED) is 0.757. The van der Waals surface area contributed by atoms with Crippen LogP contribution in [-0.2, 0) is 10.0 Å². The Hall–Kier alpha value is -1.39. The van der Waals surface area contributed by atoms with Gasteiger partial charge in [-0.05, 0) is 58.3 Å². The van der Waals surface area contributed by atoms with Crippen LogP contribution in [0.4, 0.5) is 0 Å². The van der Waals surface area contributed by atoms with E-state index in [-0.39, 0.29) is 17.5 Å². The summed E-state index contributed by atoms with van der Waals surface area (Å²) in [4.78, 5) is 2.23. The van der Waals surface area contributed by atoms with Crippen LogP contribution in [0.15, 0.2) is 29.2 Å². The molecule has 0 aliphatic carbocycles. The van der Waals surface area contributed by atoms with Crippen molar-refractivity contribution >= 4 is 10.0 Å². The summed E-state index contributed by atoms with van der Waals surface area (Å²) in [5.41, 5.74) is 0.670. The Kier molecular flexibility index (Phi) is 6.85. The molecule has 1 atom stereocenters. The number of rotatable bonds is 6. The molecule has 0 aromatic heterocycles. The van der Waals surface area contributed by atoms with Gasteiger partial charge in [-0.3, -0.25) is 0 Å². The summed E-state index contributed by atoms with van der Waals surface area (Å²) in [6.45, 7) is 2.45. The highest BCUT2D eigenvalue weighted by molar-refractivity contribution is 7.89. The average Bonchev–Trinajstić information content (AvgIpc) is 2.43. The second-order valence-corrected chi connectivity index (χ2v) is 6.81. The first-order valence-electron chi connectivity index (χ1n) is 6.72. The third-order valence-corrected chi connectivity index (χ3v) is 4.45. The number of hydrogen-bond acceptors (Lipinski definition) is 4. The van der Waals surface area contributed by atoms with Gasteiger partial charge >= 0.3 is 0 Å². The van der Waals surface area contributed by atoms with Gasteiger partial charge in [-0.15, -0.1) is 0 Å². The van der Waals surface area contributed by atoms with Crippen LogP contribution in [0.3, 0.4) is 0 Å². The molecule has 116 valence electrons. The minimum absolute atomic E-state index is 0.133. The van der Waals surface area contributed by atoms with Crippen LogP contribution >= 0.6 is 0 Å². The number of hydrogen-bond donors (Lipinski definition) is 2. The maximum Gasteiger partial charge on any atom is 0.240 e. The van der Waals surface area contributed by atoms with Gasteiger partial charge in [0.15, 0.2) is 0 Å². The third-order valence-electron chi connectivity index (χ3n) is 2.84. The molecule has 0 aliphatic heterocycles. The molecule has 6 heteroatoms. The predicted molar refractivity (Wildman–Crippen MR) is 83.4 cm³/mol. The Morgan fingerprint density at radius 1 is 1.29 bits per heavy atom. The Bertz CT molecular complexity index is 598. The smallest absolute Gasteiger partial charge is 0.240 e. The standard InChI is InChI=1S/C15H22N2O3S/c1-13(10-11-17(2)3)16-21(19,20)15-8-6-14(7-9-15)5-4-12-18/h6-9,13,16,18H,10-12H2,1-3H3. The average molecular weight is 310 g/mol. The maximum absolute atomic E-state index is 12.2. The lowest BCUT2D eigenvalue weighted by Crippen LogP contribution is -2.34. The van der Waals surface area contributed by atoms with E-state index in [0.29, 0.717) is 5.56 Å². The molecular weight excluding hydrogens is 288 g/mol. The van der Waals surface area contributed by atoms with Crippen molar-refractivity contribution < 1.29 is 13.5 Å². The summed E-state index contributed by atoms with van der Waals surface area (Å²) in [7, 11) is 0.393. The molecule has 5 nitrogen and oxygen atoms in total. The summed E-state index contributed by atoms with van der Waals surface area (Å²) in [5.74, 6) is 5.24. The zero-order valence-corrected chi connectivity index (χ0v) is 13.4. The second kappa shape index (κ2) is 8.15. The van der Waals surface area contributed by atoms with Gasteiger partial charge in [-0.25, -0.2) is 13.1 Å². The van der Waals surface area contributed by atoms with Gasteiger partial charge in [0, 0.05) is 11.6 Å². The molecule has 0 spiro atoms. The van der Waals surface area contributed by atoms with E-state index in [1.165, 1.54) is 12.1 Å². The number of nitrogens with zero attached hydrogens (tertiary/aromatic N) is 1. The van der Waals surface area contributed by atoms with Crippen molar-refractivity contribution in [2.75, 3.05) is 27.2 Å². The van der Waals surface area contributed by atoms with E-state index in [2.05, 4.69) is 16.6 Å². The summed E-state index contributed by atoms with van der Waals surface area (Å²) >= 11 is 0. The summed E-state index contributed by atoms with van der Waals surface area (Å²) in [5, 5.41) is 8.62. The van der Waals surface area contributed by atoms with Crippen LogP contribution in [0.2, 0.25) is 0 Å². The molecule has 1 rings (SSSR count). The van der Waals surface area contributed by atoms with Crippen LogP contribution in [0.25, 0.3) is 0 Å². The zero-order chi connectivity index (χ0) is 15.9. The molecule has 2 N–H and O–H groups in total. The highest BCUT2D eigenvalue weighted by atomic mass is 32.2. The molecule has 0 aliphatic rings. The number of benzene rings is 1. The maximum atomic E-state index is 12.2. The minimum atomic E-state index is -3.51. The van der Waals surface area contributed by atoms with Gasteiger partial charge in [-0.2, -0.15) is 0 Å². The Morgan fingerprint density at radius 3 is 2.43 bits per heavy atom. The lowest BCUT2D eigenvalue weighted by molar-refractivity contribution is 0.350. The molecule has 21 heavy (non-hydrogen) atoms. The van der Waals surface area contributed by atoms with Crippen LogP contribution < -0.4 is 4.72 Å². The van der Waals surface area contributed by atoms with Crippen molar-refractivity contribution in [2.45, 2.75) is 24.3 Å². The molecular formula is C15H22N2O3S. The lowest BCUT2D eigenvalue weighted by atomic mass is 10.2. The third kappa shape index (κ3) is 6.27. The predicted octanol–water partition coefficient (Wildman–Crippen LogP) is 0.649. The SMILES string of the molecule is CC(CCN(C)C)NS(=O)(=O)c1ccc(C#CCO)cc1. The summed E-state index contributed by atoms with van der Waals surface area (Å²) in [6.07, 6.45) is 0.742. The van der Waals surface area contributed by atoms with Crippen LogP contribution in [0, 0.1) is 11.8 Å². The number of aliphatic hydroxyl groups excluding tert-OH is 1. The fourth-order valence-electron chi connectivity index (χ4n) is 1.70. The molecule has 1 unspecified atom stereocenters. The molecule has 0 saturated carbocycles. The highest BCUT2D eigenvalue weighted by Gasteiger charge is 2.17. The molecule has 1 aromatic rings. The van der Waals surface area contributed by atoms with Crippen molar-refractivity contribution in [3.8, 4) is 11.8 Å². The topological polar surface area (TPSA) is 69.6 Å². The second-order valence-electron chi connectivity index (χ2n) is 5.10. The van der Waals surface area contributed by atoms with Crippen molar-refractivity contribution in [1.29, 1.82) is 0 Å². The monoisotopic (exact) mass is 310 g/mol. The summed E-state index contributed by atoms with van der Waals surface area (Å²) < 4.78 is 27.1. The van der Waals surface area contributed by atoms with Crippen molar-refractivity contribution in [2.24, 2.45) is 0 Å². The molecule has 0 fully saturated rings. The van der Waals surface area contributed by atoms with Crippen LogP contribution in [-0.4, -0.2) is 51.7 Å². The highest BCUT2D eigenvalue weighted by Crippen LogP contribution is 2.11. The van der Waals surface area contributed by atoms with Gasteiger partial charge in [0.25, 0.3) is 0 Å². The normalized spacial score (nSPS) is 12.8. The Labute approximate surface area is 127 Å². The van der Waals surface area contributed by atoms with E-state index in [1.807, 2.05) is 25.9 Å². The lowest BCUT2D eigenvalue weighted by Gasteiger charge is -2.16. The first-order chi connectivity index (χ1) is 9.85. The van der Waals surface area contributed by atoms with E-state index in [0.717, 1.165) is 13.0 Å². The Balaban J connectivity index is 2.74. The molecule has 0 radical (unpaired) electrons. The van der Waals surface area contributed by atoms with Crippen LogP contribution in [0.5, 0.6) is 0 Å². The first kappa shape index (κ1) is 17.7. The van der Waals surface area contributed by atoms with E-state index in [9.17, 15) is 8.42 Å². The summed E-state index contributed by atoms with van der Waals surface area (Å²) in [6, 6.07) is 6.15. The fourth-order valence-corrected chi connectivity index (χ4v) is 2.98. The van der Waals surface area contributed by atoms with E-state index < -0.39 is 10.0 Å². The number of aliphatic hydroxyl groups is 1. The fraction of sp³-hybridized carbons (Fsp3) is 0.467. The molecule has 0 saturated heterocycles. The van der Waals surface area contributed by atoms with Gasteiger partial charge < -0.3 is 10.0 Å². The van der Waals surface area contributed by atoms with Gasteiger partial charge in [0.1, 0.15) is 6.61 Å². The molecule has 0 heterocycles. The van der Waals surface area contributed by atoms with Gasteiger partial charge in [0.2, 0.25) is 10.0 Å². The van der Waals surface area contributed by atoms with Crippen molar-refractivity contribution in [3.05, 3.63) is 29.8 Å². The van der Waals surface area contributed by atoms with Gasteiger partial charge in [0.05, 0.1) is 4.90 Å². The minimum Gasteiger partial charge on any atom is -0.384 e. The number of nitrogens with one attached hydrogen (secondary N) is 1. The van der Waals surface area contributed by atoms with Crippen molar-refractivity contribution in [1.82, 2.24) is 9.62 Å².